The van der Waals surface area contributed by atoms with Crippen molar-refractivity contribution < 1.29 is 23.8 Å². The summed E-state index contributed by atoms with van der Waals surface area (Å²) in [7, 11) is 4.93. The van der Waals surface area contributed by atoms with Crippen molar-refractivity contribution in [1.29, 1.82) is 0 Å². The minimum Gasteiger partial charge on any atom is -0.493 e. The van der Waals surface area contributed by atoms with Crippen molar-refractivity contribution in [3.8, 4) is 11.5 Å². The third-order valence-corrected chi connectivity index (χ3v) is 6.29. The summed E-state index contributed by atoms with van der Waals surface area (Å²) in [4.78, 5) is 25.5. The maximum absolute atomic E-state index is 12.8. The van der Waals surface area contributed by atoms with Crippen molar-refractivity contribution in [2.24, 2.45) is 7.05 Å². The monoisotopic (exact) mass is 486 g/mol. The van der Waals surface area contributed by atoms with Gasteiger partial charge in [-0.2, -0.15) is 0 Å². The number of amides is 1. The second-order valence-corrected chi connectivity index (χ2v) is 9.21. The van der Waals surface area contributed by atoms with Gasteiger partial charge in [0.15, 0.2) is 11.5 Å². The second-order valence-electron chi connectivity index (χ2n) is 9.21. The highest BCUT2D eigenvalue weighted by atomic mass is 16.5. The maximum Gasteiger partial charge on any atom is 0.355 e. The molecule has 1 N–H and O–H groups in total. The lowest BCUT2D eigenvalue weighted by molar-refractivity contribution is 0.0416. The van der Waals surface area contributed by atoms with E-state index in [0.717, 1.165) is 16.5 Å². The van der Waals surface area contributed by atoms with Crippen LogP contribution in [0.4, 0.5) is 5.69 Å². The molecule has 4 aromatic rings. The van der Waals surface area contributed by atoms with Gasteiger partial charge in [0.2, 0.25) is 0 Å². The van der Waals surface area contributed by atoms with Gasteiger partial charge in [-0.25, -0.2) is 4.79 Å². The molecule has 0 unspecified atom stereocenters. The van der Waals surface area contributed by atoms with Crippen molar-refractivity contribution in [1.82, 2.24) is 4.57 Å². The number of nitrogens with one attached hydrogen (secondary N) is 1. The summed E-state index contributed by atoms with van der Waals surface area (Å²) in [5.41, 5.74) is 3.16. The van der Waals surface area contributed by atoms with Gasteiger partial charge >= 0.3 is 5.97 Å². The molecule has 0 saturated carbocycles. The maximum atomic E-state index is 12.8. The van der Waals surface area contributed by atoms with E-state index in [1.807, 2.05) is 80.1 Å². The first-order valence-electron chi connectivity index (χ1n) is 11.6. The van der Waals surface area contributed by atoms with E-state index in [2.05, 4.69) is 5.32 Å². The van der Waals surface area contributed by atoms with Gasteiger partial charge < -0.3 is 24.1 Å². The van der Waals surface area contributed by atoms with Gasteiger partial charge in [-0.15, -0.1) is 0 Å². The molecule has 1 heterocycles. The summed E-state index contributed by atoms with van der Waals surface area (Å²) in [5, 5.41) is 3.89. The Morgan fingerprint density at radius 3 is 2.25 bits per heavy atom. The number of carbonyl (C=O) groups excluding carboxylic acids is 2. The van der Waals surface area contributed by atoms with E-state index in [1.54, 1.807) is 25.3 Å². The highest BCUT2D eigenvalue weighted by Crippen LogP contribution is 2.29. The van der Waals surface area contributed by atoms with Crippen LogP contribution in [0.1, 0.15) is 40.3 Å². The van der Waals surface area contributed by atoms with Crippen LogP contribution < -0.4 is 14.8 Å². The molecule has 0 atom stereocenters. The van der Waals surface area contributed by atoms with E-state index in [9.17, 15) is 9.59 Å². The van der Waals surface area contributed by atoms with E-state index in [4.69, 9.17) is 14.2 Å². The molecule has 186 valence electrons. The normalized spacial score (nSPS) is 11.2. The van der Waals surface area contributed by atoms with E-state index in [1.165, 1.54) is 7.11 Å². The Bertz CT molecular complexity index is 1400. The Labute approximate surface area is 210 Å². The molecule has 0 bridgehead atoms. The fourth-order valence-electron chi connectivity index (χ4n) is 4.07. The van der Waals surface area contributed by atoms with E-state index >= 15 is 0 Å². The van der Waals surface area contributed by atoms with Gasteiger partial charge in [0.1, 0.15) is 12.3 Å². The number of hydrogen-bond donors (Lipinski definition) is 1. The Balaban J connectivity index is 1.40. The minimum absolute atomic E-state index is 0.213. The van der Waals surface area contributed by atoms with Gasteiger partial charge in [-0.3, -0.25) is 4.79 Å². The Morgan fingerprint density at radius 2 is 1.58 bits per heavy atom. The van der Waals surface area contributed by atoms with Crippen LogP contribution in [0.25, 0.3) is 10.9 Å². The molecule has 0 aliphatic rings. The van der Waals surface area contributed by atoms with Gasteiger partial charge in [-0.05, 0) is 48.0 Å². The first-order chi connectivity index (χ1) is 17.2. The largest absolute Gasteiger partial charge is 0.493 e. The predicted octanol–water partition coefficient (Wildman–Crippen LogP) is 5.58. The van der Waals surface area contributed by atoms with E-state index in [0.29, 0.717) is 28.4 Å². The zero-order valence-corrected chi connectivity index (χ0v) is 21.1. The fraction of sp³-hybridized carbons (Fsp3) is 0.241. The SMILES string of the molecule is COc1ccc(C(=O)Nc2ccc(C(C)(C)COC(=O)c3cc4ccccc4n3C)cc2)cc1OC. The molecule has 0 radical (unpaired) electrons. The molecule has 0 aliphatic carbocycles. The zero-order valence-electron chi connectivity index (χ0n) is 21.1. The number of aromatic nitrogens is 1. The standard InChI is InChI=1S/C29H30N2O5/c1-29(2,18-36-28(33)24-16-19-8-6-7-9-23(19)31(24)3)21-11-13-22(14-12-21)30-27(32)20-10-15-25(34-4)26(17-20)35-5/h6-17H,18H2,1-5H3,(H,30,32). The van der Waals surface area contributed by atoms with Gasteiger partial charge in [0, 0.05) is 34.6 Å². The van der Waals surface area contributed by atoms with Crippen LogP contribution in [0.5, 0.6) is 11.5 Å². The number of carbonyl (C=O) groups is 2. The van der Waals surface area contributed by atoms with Gasteiger partial charge in [0.25, 0.3) is 5.91 Å². The number of nitrogens with zero attached hydrogens (tertiary/aromatic N) is 1. The number of fused-ring (bicyclic) bond motifs is 1. The Kier molecular flexibility index (Phi) is 7.01. The molecule has 0 saturated heterocycles. The average molecular weight is 487 g/mol. The van der Waals surface area contributed by atoms with E-state index in [-0.39, 0.29) is 18.5 Å². The van der Waals surface area contributed by atoms with Crippen LogP contribution in [0.3, 0.4) is 0 Å². The first kappa shape index (κ1) is 24.9. The minimum atomic E-state index is -0.424. The lowest BCUT2D eigenvalue weighted by Crippen LogP contribution is -2.27. The van der Waals surface area contributed by atoms with Crippen molar-refractivity contribution in [2.45, 2.75) is 19.3 Å². The second kappa shape index (κ2) is 10.2. The number of ether oxygens (including phenoxy) is 3. The molecular weight excluding hydrogens is 456 g/mol. The smallest absolute Gasteiger partial charge is 0.355 e. The summed E-state index contributed by atoms with van der Waals surface area (Å²) >= 11 is 0. The third-order valence-electron chi connectivity index (χ3n) is 6.29. The van der Waals surface area contributed by atoms with Crippen molar-refractivity contribution >= 4 is 28.5 Å². The Hall–Kier alpha value is -4.26. The van der Waals surface area contributed by atoms with Crippen molar-refractivity contribution in [3.63, 3.8) is 0 Å². The molecular formula is C29H30N2O5. The average Bonchev–Trinajstić information content (AvgIpc) is 3.23. The summed E-state index contributed by atoms with van der Waals surface area (Å²) in [6, 6.07) is 22.2. The lowest BCUT2D eigenvalue weighted by atomic mass is 9.85. The number of benzene rings is 3. The number of methoxy groups -OCH3 is 2. The van der Waals surface area contributed by atoms with Crippen LogP contribution in [0, 0.1) is 0 Å². The zero-order chi connectivity index (χ0) is 25.9. The molecule has 0 fully saturated rings. The number of aryl methyl sites for hydroxylation is 1. The van der Waals surface area contributed by atoms with Crippen molar-refractivity contribution in [2.75, 3.05) is 26.1 Å². The van der Waals surface area contributed by atoms with Crippen molar-refractivity contribution in [3.05, 3.63) is 89.6 Å². The number of rotatable bonds is 8. The van der Waals surface area contributed by atoms with Crippen LogP contribution in [-0.4, -0.2) is 37.3 Å². The number of hydrogen-bond acceptors (Lipinski definition) is 5. The summed E-state index contributed by atoms with van der Waals surface area (Å²) in [5.74, 6) is 0.425. The highest BCUT2D eigenvalue weighted by molar-refractivity contribution is 6.04. The summed E-state index contributed by atoms with van der Waals surface area (Å²) in [6.45, 7) is 4.24. The molecule has 7 nitrogen and oxygen atoms in total. The topological polar surface area (TPSA) is 78.8 Å². The molecule has 3 aromatic carbocycles. The quantitative estimate of drug-likeness (QED) is 0.329. The predicted molar refractivity (Wildman–Crippen MR) is 140 cm³/mol. The molecule has 7 heteroatoms. The molecule has 1 aromatic heterocycles. The summed E-state index contributed by atoms with van der Waals surface area (Å²) in [6.07, 6.45) is 0. The molecule has 0 spiro atoms. The molecule has 0 aliphatic heterocycles. The summed E-state index contributed by atoms with van der Waals surface area (Å²) < 4.78 is 18.0. The van der Waals surface area contributed by atoms with E-state index < -0.39 is 5.41 Å². The Morgan fingerprint density at radius 1 is 0.889 bits per heavy atom. The number of anilines is 1. The molecule has 4 rings (SSSR count). The van der Waals surface area contributed by atoms with Crippen LogP contribution in [0.15, 0.2) is 72.8 Å². The number of esters is 1. The molecule has 36 heavy (non-hydrogen) atoms. The van der Waals surface area contributed by atoms with Crippen LogP contribution >= 0.6 is 0 Å². The molecule has 1 amide bonds. The fourth-order valence-corrected chi connectivity index (χ4v) is 4.07. The van der Waals surface area contributed by atoms with Crippen LogP contribution in [-0.2, 0) is 17.2 Å². The van der Waals surface area contributed by atoms with Crippen LogP contribution in [0.2, 0.25) is 0 Å². The third kappa shape index (κ3) is 5.05. The number of para-hydroxylation sites is 1. The van der Waals surface area contributed by atoms with Gasteiger partial charge in [0.05, 0.1) is 14.2 Å². The first-order valence-corrected chi connectivity index (χ1v) is 11.6. The lowest BCUT2D eigenvalue weighted by Gasteiger charge is -2.25. The highest BCUT2D eigenvalue weighted by Gasteiger charge is 2.24. The van der Waals surface area contributed by atoms with Gasteiger partial charge in [-0.1, -0.05) is 44.2 Å².